The maximum absolute atomic E-state index is 14.4. The Balaban J connectivity index is 0.763. The zero-order valence-corrected chi connectivity index (χ0v) is 32.5. The van der Waals surface area contributed by atoms with Crippen molar-refractivity contribution >= 4 is 63.8 Å². The Labute approximate surface area is 340 Å². The number of aromatic nitrogens is 6. The Morgan fingerprint density at radius 1 is 0.950 bits per heavy atom. The maximum Gasteiger partial charge on any atom is 0.262 e. The monoisotopic (exact) mass is 818 g/mol. The molecule has 3 saturated heterocycles. The predicted molar refractivity (Wildman–Crippen MR) is 211 cm³/mol. The molecular weight excluding hydrogens is 779 g/mol. The SMILES string of the molecule is Cc1cc(Nc2nc(NCc3ccc(F)cc3F)nc3c2cnn3C2CCN(C(=O)C3CC4(C3)CN(c3ccc5c(c3)C(=O)N(C3CCC(=O)NC3=O)C5=O)C4)CC2)n[nH]1. The fourth-order valence-electron chi connectivity index (χ4n) is 9.42. The van der Waals surface area contributed by atoms with Crippen molar-refractivity contribution < 1.29 is 32.8 Å². The molecule has 5 aliphatic rings. The molecule has 1 atom stereocenters. The fraction of sp³-hybridized carbons (Fsp3) is 0.390. The molecule has 2 aromatic carbocycles. The van der Waals surface area contributed by atoms with Crippen molar-refractivity contribution in [2.45, 2.75) is 64.1 Å². The molecule has 19 heteroatoms. The first-order valence-electron chi connectivity index (χ1n) is 20.0. The van der Waals surface area contributed by atoms with Gasteiger partial charge in [-0.25, -0.2) is 13.5 Å². The molecule has 0 radical (unpaired) electrons. The summed E-state index contributed by atoms with van der Waals surface area (Å²) in [6.45, 7) is 4.50. The van der Waals surface area contributed by atoms with Crippen molar-refractivity contribution in [2.75, 3.05) is 41.7 Å². The number of H-pyrrole nitrogens is 1. The second kappa shape index (κ2) is 14.2. The Morgan fingerprint density at radius 2 is 1.73 bits per heavy atom. The lowest BCUT2D eigenvalue weighted by molar-refractivity contribution is -0.146. The zero-order chi connectivity index (χ0) is 41.4. The Morgan fingerprint density at radius 3 is 2.47 bits per heavy atom. The van der Waals surface area contributed by atoms with Gasteiger partial charge in [-0.1, -0.05) is 6.07 Å². The summed E-state index contributed by atoms with van der Waals surface area (Å²) in [7, 11) is 0. The summed E-state index contributed by atoms with van der Waals surface area (Å²) in [5, 5.41) is 21.1. The molecule has 1 spiro atoms. The normalized spacial score (nSPS) is 20.4. The first-order valence-corrected chi connectivity index (χ1v) is 20.0. The molecule has 4 N–H and O–H groups in total. The molecule has 10 rings (SSSR count). The van der Waals surface area contributed by atoms with E-state index in [1.807, 2.05) is 28.6 Å². The number of nitrogens with zero attached hydrogens (tertiary/aromatic N) is 8. The van der Waals surface area contributed by atoms with E-state index in [0.29, 0.717) is 48.6 Å². The van der Waals surface area contributed by atoms with Crippen LogP contribution >= 0.6 is 0 Å². The molecule has 17 nitrogen and oxygen atoms in total. The van der Waals surface area contributed by atoms with E-state index in [4.69, 9.17) is 10.1 Å². The van der Waals surface area contributed by atoms with Gasteiger partial charge in [0.1, 0.15) is 23.5 Å². The number of aryl methyl sites for hydroxylation is 1. The van der Waals surface area contributed by atoms with Gasteiger partial charge in [0.05, 0.1) is 28.8 Å². The van der Waals surface area contributed by atoms with Crippen LogP contribution in [0.4, 0.5) is 32.1 Å². The highest BCUT2D eigenvalue weighted by atomic mass is 19.1. The van der Waals surface area contributed by atoms with E-state index in [-0.39, 0.29) is 65.3 Å². The molecule has 0 bridgehead atoms. The summed E-state index contributed by atoms with van der Waals surface area (Å²) in [4.78, 5) is 78.8. The van der Waals surface area contributed by atoms with E-state index < -0.39 is 41.3 Å². The van der Waals surface area contributed by atoms with Gasteiger partial charge in [-0.15, -0.1) is 0 Å². The van der Waals surface area contributed by atoms with Crippen molar-refractivity contribution in [3.63, 3.8) is 0 Å². The molecule has 4 aliphatic heterocycles. The van der Waals surface area contributed by atoms with E-state index in [2.05, 4.69) is 36.0 Å². The highest BCUT2D eigenvalue weighted by Crippen LogP contribution is 2.54. The topological polar surface area (TPSA) is 203 Å². The summed E-state index contributed by atoms with van der Waals surface area (Å²) in [6.07, 6.45) is 4.75. The van der Waals surface area contributed by atoms with Crippen LogP contribution in [0.15, 0.2) is 48.7 Å². The minimum absolute atomic E-state index is 0.0124. The van der Waals surface area contributed by atoms with E-state index >= 15 is 0 Å². The third kappa shape index (κ3) is 6.47. The van der Waals surface area contributed by atoms with Gasteiger partial charge in [-0.2, -0.15) is 20.2 Å². The molecule has 5 amide bonds. The number of hydrogen-bond acceptors (Lipinski definition) is 12. The number of likely N-dealkylation sites (tertiary alicyclic amines) is 1. The van der Waals surface area contributed by atoms with Crippen LogP contribution in [-0.2, 0) is 20.9 Å². The summed E-state index contributed by atoms with van der Waals surface area (Å²) >= 11 is 0. The molecule has 308 valence electrons. The number of piperidine rings is 2. The molecule has 1 saturated carbocycles. The van der Waals surface area contributed by atoms with Crippen LogP contribution in [0.3, 0.4) is 0 Å². The van der Waals surface area contributed by atoms with Gasteiger partial charge < -0.3 is 20.4 Å². The van der Waals surface area contributed by atoms with Gasteiger partial charge in [0, 0.05) is 79.6 Å². The van der Waals surface area contributed by atoms with Crippen LogP contribution in [0.1, 0.15) is 76.5 Å². The number of amides is 5. The number of anilines is 4. The summed E-state index contributed by atoms with van der Waals surface area (Å²) in [5.41, 5.74) is 2.99. The summed E-state index contributed by atoms with van der Waals surface area (Å²) in [6, 6.07) is 9.33. The zero-order valence-electron chi connectivity index (χ0n) is 32.5. The number of hydrogen-bond donors (Lipinski definition) is 4. The molecule has 7 heterocycles. The number of benzene rings is 2. The van der Waals surface area contributed by atoms with Gasteiger partial charge in [0.15, 0.2) is 11.5 Å². The van der Waals surface area contributed by atoms with Crippen LogP contribution < -0.4 is 20.9 Å². The number of carbonyl (C=O) groups excluding carboxylic acids is 5. The van der Waals surface area contributed by atoms with Crippen molar-refractivity contribution in [1.29, 1.82) is 0 Å². The first-order chi connectivity index (χ1) is 28.9. The fourth-order valence-corrected chi connectivity index (χ4v) is 9.42. The molecule has 1 aliphatic carbocycles. The molecule has 1 unspecified atom stereocenters. The van der Waals surface area contributed by atoms with Crippen molar-refractivity contribution in [3.8, 4) is 0 Å². The minimum Gasteiger partial charge on any atom is -0.370 e. The van der Waals surface area contributed by atoms with Gasteiger partial charge in [0.2, 0.25) is 23.7 Å². The van der Waals surface area contributed by atoms with Gasteiger partial charge in [0.25, 0.3) is 11.8 Å². The van der Waals surface area contributed by atoms with Crippen LogP contribution in [0, 0.1) is 29.9 Å². The number of rotatable bonds is 9. The lowest BCUT2D eigenvalue weighted by Gasteiger charge is -2.60. The van der Waals surface area contributed by atoms with E-state index in [1.165, 1.54) is 12.1 Å². The van der Waals surface area contributed by atoms with Crippen LogP contribution in [0.25, 0.3) is 11.0 Å². The number of imide groups is 2. The average molecular weight is 819 g/mol. The van der Waals surface area contributed by atoms with Gasteiger partial charge in [-0.3, -0.25) is 39.3 Å². The molecule has 60 heavy (non-hydrogen) atoms. The largest absolute Gasteiger partial charge is 0.370 e. The van der Waals surface area contributed by atoms with Gasteiger partial charge >= 0.3 is 0 Å². The minimum atomic E-state index is -1.01. The molecule has 5 aromatic rings. The molecule has 3 aromatic heterocycles. The van der Waals surface area contributed by atoms with E-state index in [9.17, 15) is 32.8 Å². The van der Waals surface area contributed by atoms with Crippen molar-refractivity contribution in [1.82, 2.24) is 45.1 Å². The van der Waals surface area contributed by atoms with Crippen LogP contribution in [-0.4, -0.2) is 102 Å². The summed E-state index contributed by atoms with van der Waals surface area (Å²) < 4.78 is 29.8. The number of fused-ring (bicyclic) bond motifs is 2. The second-order valence-electron chi connectivity index (χ2n) is 16.6. The highest BCUT2D eigenvalue weighted by molar-refractivity contribution is 6.23. The standard InChI is InChI=1S/C41H40F2N12O5/c1-21-12-32(51-50-21)46-34-29-18-45-55(35(29)49-40(48-34)44-17-22-2-3-24(42)13-30(22)43)25-8-10-52(11-9-25)37(58)23-15-41(16-23)19-53(20-41)26-4-5-27-28(14-26)39(60)54(38(27)59)31-6-7-33(56)47-36(31)57/h2-5,12-14,18,23,25,31H,6-11,15-17,19-20H2,1H3,(H,47,56,57)(H3,44,46,48,49,50,51). The first kappa shape index (κ1) is 37.5. The highest BCUT2D eigenvalue weighted by Gasteiger charge is 2.55. The Kier molecular flexibility index (Phi) is 8.87. The van der Waals surface area contributed by atoms with E-state index in [1.54, 1.807) is 18.3 Å². The van der Waals surface area contributed by atoms with Crippen molar-refractivity contribution in [3.05, 3.63) is 82.7 Å². The quantitative estimate of drug-likeness (QED) is 0.156. The lowest BCUT2D eigenvalue weighted by atomic mass is 9.57. The number of aromatic amines is 1. The lowest BCUT2D eigenvalue weighted by Crippen LogP contribution is -2.64. The summed E-state index contributed by atoms with van der Waals surface area (Å²) in [5.74, 6) is -2.15. The maximum atomic E-state index is 14.4. The third-order valence-electron chi connectivity index (χ3n) is 12.5. The van der Waals surface area contributed by atoms with Crippen LogP contribution in [0.5, 0.6) is 0 Å². The van der Waals surface area contributed by atoms with Crippen LogP contribution in [0.2, 0.25) is 0 Å². The second-order valence-corrected chi connectivity index (χ2v) is 16.6. The number of halogens is 2. The Hall–Kier alpha value is -6.79. The van der Waals surface area contributed by atoms with E-state index in [0.717, 1.165) is 48.3 Å². The smallest absolute Gasteiger partial charge is 0.262 e. The Bertz CT molecular complexity index is 2620. The number of carbonyl (C=O) groups is 5. The predicted octanol–water partition coefficient (Wildman–Crippen LogP) is 3.97. The molecule has 4 fully saturated rings. The molecular formula is C41H40F2N12O5. The van der Waals surface area contributed by atoms with Gasteiger partial charge in [-0.05, 0) is 63.3 Å². The average Bonchev–Trinajstić information content (AvgIpc) is 3.88. The number of nitrogens with one attached hydrogen (secondary N) is 4. The van der Waals surface area contributed by atoms with Crippen molar-refractivity contribution in [2.24, 2.45) is 11.3 Å². The third-order valence-corrected chi connectivity index (χ3v) is 12.5.